The summed E-state index contributed by atoms with van der Waals surface area (Å²) in [5.41, 5.74) is 11.7. The maximum Gasteiger partial charge on any atom is 0.435 e. The summed E-state index contributed by atoms with van der Waals surface area (Å²) >= 11 is 0. The Kier molecular flexibility index (Phi) is 5.03. The predicted octanol–water partition coefficient (Wildman–Crippen LogP) is 0.561. The van der Waals surface area contributed by atoms with Crippen LogP contribution in [-0.4, -0.2) is 40.7 Å². The summed E-state index contributed by atoms with van der Waals surface area (Å²) in [6.07, 6.45) is 0. The van der Waals surface area contributed by atoms with E-state index in [0.29, 0.717) is 0 Å². The van der Waals surface area contributed by atoms with Crippen LogP contribution in [0.25, 0.3) is 11.1 Å². The number of nitrogens with two attached hydrogens (primary N) is 1. The molecule has 23 heavy (non-hydrogen) atoms. The van der Waals surface area contributed by atoms with E-state index in [1.165, 1.54) is 7.62 Å². The first-order valence-corrected chi connectivity index (χ1v) is 7.43. The number of aliphatic hydroxyl groups excluding tert-OH is 1. The van der Waals surface area contributed by atoms with Gasteiger partial charge in [-0.05, 0) is 34.4 Å². The first-order chi connectivity index (χ1) is 11.3. The molecule has 1 atom stereocenters. The maximum absolute atomic E-state index is 9.88. The summed E-state index contributed by atoms with van der Waals surface area (Å²) < 4.78 is 10.1. The van der Waals surface area contributed by atoms with Crippen molar-refractivity contribution in [2.24, 2.45) is 5.73 Å². The largest absolute Gasteiger partial charge is 0.435 e. The lowest BCUT2D eigenvalue weighted by atomic mass is 9.84. The zero-order chi connectivity index (χ0) is 16.2. The molecule has 0 spiro atoms. The highest BCUT2D eigenvalue weighted by atomic mass is 16.4. The average Bonchev–Trinajstić information content (AvgIpc) is 2.90. The Morgan fingerprint density at radius 1 is 1.17 bits per heavy atom. The maximum atomic E-state index is 9.88. The quantitative estimate of drug-likeness (QED) is 0.515. The van der Waals surface area contributed by atoms with Crippen molar-refractivity contribution < 1.29 is 14.4 Å². The van der Waals surface area contributed by atoms with E-state index in [2.05, 4.69) is 17.4 Å². The van der Waals surface area contributed by atoms with Crippen molar-refractivity contribution in [2.45, 2.75) is 5.92 Å². The van der Waals surface area contributed by atoms with Crippen LogP contribution in [0, 0.1) is 0 Å². The third kappa shape index (κ3) is 3.14. The summed E-state index contributed by atoms with van der Waals surface area (Å²) in [4.78, 5) is 0. The Bertz CT molecular complexity index is 640. The van der Waals surface area contributed by atoms with Gasteiger partial charge in [0, 0.05) is 18.7 Å². The fourth-order valence-corrected chi connectivity index (χ4v) is 3.01. The van der Waals surface area contributed by atoms with Crippen LogP contribution in [-0.2, 0) is 9.31 Å². The van der Waals surface area contributed by atoms with Gasteiger partial charge in [-0.1, -0.05) is 29.7 Å². The molecule has 4 N–H and O–H groups in total. The van der Waals surface area contributed by atoms with Crippen LogP contribution in [0.15, 0.2) is 36.4 Å². The molecule has 2 radical (unpaired) electrons. The highest BCUT2D eigenvalue weighted by Gasteiger charge is 2.28. The molecular weight excluding hydrogens is 290 g/mol. The van der Waals surface area contributed by atoms with Crippen LogP contribution in [0.5, 0.6) is 0 Å². The summed E-state index contributed by atoms with van der Waals surface area (Å²) in [6.45, 7) is 0.199. The fraction of sp³-hybridized carbons (Fsp3) is 0.250. The molecule has 0 amide bonds. The zero-order valence-corrected chi connectivity index (χ0v) is 13.0. The molecule has 0 saturated heterocycles. The molecule has 0 saturated carbocycles. The molecule has 1 aliphatic rings. The Morgan fingerprint density at radius 2 is 1.91 bits per heavy atom. The molecule has 2 aromatic carbocycles. The molecule has 1 unspecified atom stereocenters. The third-order valence-electron chi connectivity index (χ3n) is 4.01. The molecule has 0 fully saturated rings. The minimum absolute atomic E-state index is 0.0458. The number of anilines is 1. The van der Waals surface area contributed by atoms with Gasteiger partial charge in [-0.25, -0.2) is 0 Å². The van der Waals surface area contributed by atoms with Gasteiger partial charge in [0.05, 0.1) is 13.3 Å². The normalized spacial score (nSPS) is 15.0. The van der Waals surface area contributed by atoms with Crippen LogP contribution >= 0.6 is 0 Å². The molecule has 5 nitrogen and oxygen atoms in total. The van der Waals surface area contributed by atoms with Gasteiger partial charge in [-0.2, -0.15) is 0 Å². The van der Waals surface area contributed by atoms with Crippen LogP contribution in [0.3, 0.4) is 0 Å². The second kappa shape index (κ2) is 7.19. The third-order valence-corrected chi connectivity index (χ3v) is 4.01. The molecule has 0 aliphatic heterocycles. The summed E-state index contributed by atoms with van der Waals surface area (Å²) in [6, 6.07) is 12.2. The van der Waals surface area contributed by atoms with E-state index in [-0.39, 0.29) is 19.3 Å². The van der Waals surface area contributed by atoms with Gasteiger partial charge in [-0.15, -0.1) is 0 Å². The summed E-state index contributed by atoms with van der Waals surface area (Å²) in [7, 11) is 4.75. The summed E-state index contributed by atoms with van der Waals surface area (Å²) in [5.74, 6) is -0.0458. The SMILES string of the molecule is CO[B]Nc1ccc2c(c1)C(CO)c1cc([B]OCN)ccc1-2. The van der Waals surface area contributed by atoms with Gasteiger partial charge in [0.25, 0.3) is 0 Å². The predicted molar refractivity (Wildman–Crippen MR) is 92.7 cm³/mol. The first-order valence-electron chi connectivity index (χ1n) is 7.43. The second-order valence-corrected chi connectivity index (χ2v) is 5.33. The topological polar surface area (TPSA) is 76.7 Å². The van der Waals surface area contributed by atoms with Gasteiger partial charge in [-0.3, -0.25) is 0 Å². The molecule has 0 heterocycles. The summed E-state index contributed by atoms with van der Waals surface area (Å²) in [5, 5.41) is 12.9. The smallest absolute Gasteiger partial charge is 0.422 e. The lowest BCUT2D eigenvalue weighted by molar-refractivity contribution is 0.282. The zero-order valence-electron chi connectivity index (χ0n) is 13.0. The Balaban J connectivity index is 1.95. The van der Waals surface area contributed by atoms with Crippen LogP contribution in [0.1, 0.15) is 17.0 Å². The monoisotopic (exact) mass is 308 g/mol. The van der Waals surface area contributed by atoms with Gasteiger partial charge < -0.3 is 25.4 Å². The standard InChI is InChI=1S/C16H18B2N2O3/c1-22-18-20-11-3-5-13-12-4-2-10(17-23-9-19)6-14(12)16(8-21)15(13)7-11/h2-7,16,20-21H,8-9,19H2,1H3. The van der Waals surface area contributed by atoms with Gasteiger partial charge >= 0.3 is 15.1 Å². The van der Waals surface area contributed by atoms with Crippen LogP contribution < -0.4 is 16.4 Å². The van der Waals surface area contributed by atoms with E-state index in [0.717, 1.165) is 33.4 Å². The Hall–Kier alpha value is -1.79. The molecule has 7 heteroatoms. The van der Waals surface area contributed by atoms with Crippen molar-refractivity contribution in [3.05, 3.63) is 47.5 Å². The second-order valence-electron chi connectivity index (χ2n) is 5.33. The van der Waals surface area contributed by atoms with Crippen molar-refractivity contribution in [1.29, 1.82) is 0 Å². The number of benzene rings is 2. The fourth-order valence-electron chi connectivity index (χ4n) is 3.01. The van der Waals surface area contributed by atoms with E-state index < -0.39 is 0 Å². The lowest BCUT2D eigenvalue weighted by Gasteiger charge is -2.12. The van der Waals surface area contributed by atoms with Crippen LogP contribution in [0.2, 0.25) is 0 Å². The minimum Gasteiger partial charge on any atom is -0.422 e. The number of rotatable bonds is 7. The van der Waals surface area contributed by atoms with Gasteiger partial charge in [0.2, 0.25) is 0 Å². The van der Waals surface area contributed by atoms with Crippen molar-refractivity contribution in [3.63, 3.8) is 0 Å². The average molecular weight is 308 g/mol. The molecule has 0 aromatic heterocycles. The Morgan fingerprint density at radius 3 is 2.61 bits per heavy atom. The van der Waals surface area contributed by atoms with E-state index in [1.54, 1.807) is 14.6 Å². The highest BCUT2D eigenvalue weighted by molar-refractivity contribution is 6.47. The molecule has 116 valence electrons. The van der Waals surface area contributed by atoms with E-state index >= 15 is 0 Å². The van der Waals surface area contributed by atoms with Crippen molar-refractivity contribution in [3.8, 4) is 11.1 Å². The van der Waals surface area contributed by atoms with Gasteiger partial charge in [0.15, 0.2) is 0 Å². The van der Waals surface area contributed by atoms with Crippen molar-refractivity contribution >= 4 is 26.2 Å². The first kappa shape index (κ1) is 16.1. The van der Waals surface area contributed by atoms with Crippen LogP contribution in [0.4, 0.5) is 5.69 Å². The number of hydrogen-bond donors (Lipinski definition) is 3. The van der Waals surface area contributed by atoms with Gasteiger partial charge in [0.1, 0.15) is 0 Å². The van der Waals surface area contributed by atoms with Crippen molar-refractivity contribution in [2.75, 3.05) is 25.7 Å². The highest BCUT2D eigenvalue weighted by Crippen LogP contribution is 2.44. The lowest BCUT2D eigenvalue weighted by Crippen LogP contribution is -2.21. The number of hydrogen-bond acceptors (Lipinski definition) is 5. The molecular formula is C16H18B2N2O3. The van der Waals surface area contributed by atoms with E-state index in [4.69, 9.17) is 15.0 Å². The Labute approximate surface area is 137 Å². The van der Waals surface area contributed by atoms with E-state index in [1.807, 2.05) is 24.3 Å². The molecule has 1 aliphatic carbocycles. The molecule has 2 aromatic rings. The number of aliphatic hydroxyl groups is 1. The number of nitrogens with one attached hydrogen (secondary N) is 1. The minimum atomic E-state index is -0.0458. The number of fused-ring (bicyclic) bond motifs is 3. The molecule has 0 bridgehead atoms. The molecule has 3 rings (SSSR count). The van der Waals surface area contributed by atoms with E-state index in [9.17, 15) is 5.11 Å². The van der Waals surface area contributed by atoms with Crippen molar-refractivity contribution in [1.82, 2.24) is 0 Å².